The van der Waals surface area contributed by atoms with Gasteiger partial charge in [-0.15, -0.1) is 11.6 Å². The molecular weight excluding hydrogens is 343 g/mol. The first-order valence-electron chi connectivity index (χ1n) is 6.40. The highest BCUT2D eigenvalue weighted by atomic mass is 35.5. The minimum Gasteiger partial charge on any atom is -0.448 e. The summed E-state index contributed by atoms with van der Waals surface area (Å²) in [6, 6.07) is 3.08. The number of ether oxygens (including phenoxy) is 1. The molecule has 2 rings (SSSR count). The van der Waals surface area contributed by atoms with Gasteiger partial charge in [-0.05, 0) is 13.0 Å². The van der Waals surface area contributed by atoms with E-state index in [0.717, 1.165) is 6.20 Å². The van der Waals surface area contributed by atoms with Gasteiger partial charge in [-0.25, -0.2) is 14.2 Å². The molecule has 0 spiro atoms. The van der Waals surface area contributed by atoms with E-state index >= 15 is 0 Å². The lowest BCUT2D eigenvalue weighted by molar-refractivity contribution is 0.168. The van der Waals surface area contributed by atoms with Crippen LogP contribution < -0.4 is 5.32 Å². The van der Waals surface area contributed by atoms with Gasteiger partial charge in [0.1, 0.15) is 22.4 Å². The quantitative estimate of drug-likeness (QED) is 0.837. The van der Waals surface area contributed by atoms with Crippen LogP contribution in [0.25, 0.3) is 10.6 Å². The summed E-state index contributed by atoms with van der Waals surface area (Å²) >= 11 is 6.64. The number of hydrogen-bond donors (Lipinski definition) is 1. The van der Waals surface area contributed by atoms with Crippen molar-refractivity contribution in [1.82, 2.24) is 9.97 Å². The molecule has 0 aliphatic heterocycles. The fourth-order valence-corrected chi connectivity index (χ4v) is 2.44. The molecule has 6 nitrogen and oxygen atoms in total. The van der Waals surface area contributed by atoms with Crippen molar-refractivity contribution in [3.05, 3.63) is 30.0 Å². The third-order valence-corrected chi connectivity index (χ3v) is 3.55. The number of halogens is 2. The van der Waals surface area contributed by atoms with Crippen molar-refractivity contribution in [2.24, 2.45) is 0 Å². The second-order valence-corrected chi connectivity index (χ2v) is 5.38. The third-order valence-electron chi connectivity index (χ3n) is 2.27. The first-order valence-corrected chi connectivity index (χ1v) is 7.75. The van der Waals surface area contributed by atoms with Crippen LogP contribution in [0.2, 0.25) is 0 Å². The van der Waals surface area contributed by atoms with Crippen molar-refractivity contribution in [1.29, 1.82) is 5.26 Å². The summed E-state index contributed by atoms with van der Waals surface area (Å²) in [5, 5.41) is 11.0. The van der Waals surface area contributed by atoms with Gasteiger partial charge in [-0.2, -0.15) is 5.26 Å². The number of carbonyl (C=O) groups excluding carboxylic acids is 1. The van der Waals surface area contributed by atoms with E-state index in [-0.39, 0.29) is 12.5 Å². The van der Waals surface area contributed by atoms with Crippen molar-refractivity contribution >= 4 is 34.0 Å². The number of carbonyl (C=O) groups is 1. The predicted octanol–water partition coefficient (Wildman–Crippen LogP) is 3.97. The van der Waals surface area contributed by atoms with E-state index in [2.05, 4.69) is 15.3 Å². The number of alkyl halides is 1. The van der Waals surface area contributed by atoms with Crippen molar-refractivity contribution in [3.63, 3.8) is 0 Å². The summed E-state index contributed by atoms with van der Waals surface area (Å²) in [7, 11) is 0. The van der Waals surface area contributed by atoms with Gasteiger partial charge >= 0.3 is 6.09 Å². The molecule has 0 radical (unpaired) electrons. The molecule has 0 aliphatic rings. The molecule has 0 saturated carbocycles. The first-order chi connectivity index (χ1) is 11.0. The normalized spacial score (nSPS) is 9.35. The fourth-order valence-electron chi connectivity index (χ4n) is 1.42. The van der Waals surface area contributed by atoms with Crippen molar-refractivity contribution in [2.75, 3.05) is 17.8 Å². The zero-order valence-corrected chi connectivity index (χ0v) is 14.0. The predicted molar refractivity (Wildman–Crippen MR) is 87.0 cm³/mol. The molecule has 0 saturated heterocycles. The number of nitriles is 1. The molecule has 0 atom stereocenters. The topological polar surface area (TPSA) is 87.9 Å². The maximum absolute atomic E-state index is 13.1. The van der Waals surface area contributed by atoms with Gasteiger partial charge in [0.05, 0.1) is 23.8 Å². The Morgan fingerprint density at radius 2 is 2.26 bits per heavy atom. The Balaban J connectivity index is 0.000000816. The molecule has 2 aromatic rings. The van der Waals surface area contributed by atoms with E-state index in [4.69, 9.17) is 21.6 Å². The average molecular weight is 357 g/mol. The van der Waals surface area contributed by atoms with Gasteiger partial charge in [0.25, 0.3) is 0 Å². The fraction of sp³-hybridized carbons (Fsp3) is 0.286. The van der Waals surface area contributed by atoms with Crippen LogP contribution in [-0.2, 0) is 4.74 Å². The smallest absolute Gasteiger partial charge is 0.412 e. The zero-order valence-electron chi connectivity index (χ0n) is 12.5. The number of thiazole rings is 1. The molecular formula is C14H14ClFN4O2S. The molecule has 1 N–H and O–H groups in total. The molecule has 2 heterocycles. The van der Waals surface area contributed by atoms with Gasteiger partial charge in [-0.3, -0.25) is 10.3 Å². The van der Waals surface area contributed by atoms with Crippen LogP contribution in [-0.4, -0.2) is 28.5 Å². The van der Waals surface area contributed by atoms with Crippen LogP contribution in [0.5, 0.6) is 0 Å². The molecule has 122 valence electrons. The summed E-state index contributed by atoms with van der Waals surface area (Å²) in [6.07, 6.45) is 2.03. The van der Waals surface area contributed by atoms with Crippen LogP contribution in [0.1, 0.15) is 12.6 Å². The molecule has 0 aliphatic carbocycles. The molecule has 0 bridgehead atoms. The van der Waals surface area contributed by atoms with Crippen molar-refractivity contribution in [2.45, 2.75) is 13.8 Å². The monoisotopic (exact) mass is 356 g/mol. The Bertz CT molecular complexity index is 702. The number of anilines is 1. The van der Waals surface area contributed by atoms with Gasteiger partial charge < -0.3 is 4.74 Å². The van der Waals surface area contributed by atoms with Gasteiger partial charge in [0, 0.05) is 18.7 Å². The Hall–Kier alpha value is -2.24. The largest absolute Gasteiger partial charge is 0.448 e. The lowest BCUT2D eigenvalue weighted by Gasteiger charge is -2.03. The first kappa shape index (κ1) is 18.8. The lowest BCUT2D eigenvalue weighted by Crippen LogP contribution is -2.14. The highest BCUT2D eigenvalue weighted by molar-refractivity contribution is 7.19. The zero-order chi connectivity index (χ0) is 17.2. The van der Waals surface area contributed by atoms with Crippen LogP contribution in [0, 0.1) is 24.1 Å². The molecule has 0 fully saturated rings. The van der Waals surface area contributed by atoms with Crippen molar-refractivity contribution in [3.8, 4) is 16.6 Å². The number of pyridine rings is 1. The van der Waals surface area contributed by atoms with Gasteiger partial charge in [0.2, 0.25) is 0 Å². The number of aromatic nitrogens is 2. The number of nitrogens with one attached hydrogen (secondary N) is 1. The Labute approximate surface area is 141 Å². The second-order valence-electron chi connectivity index (χ2n) is 4.00. The van der Waals surface area contributed by atoms with Crippen LogP contribution >= 0.6 is 22.9 Å². The second kappa shape index (κ2) is 9.71. The van der Waals surface area contributed by atoms with E-state index in [1.165, 1.54) is 30.5 Å². The molecule has 1 amide bonds. The maximum atomic E-state index is 13.1. The molecule has 0 aromatic carbocycles. The van der Waals surface area contributed by atoms with E-state index in [1.807, 2.05) is 0 Å². The highest BCUT2D eigenvalue weighted by Gasteiger charge is 2.13. The number of aryl methyl sites for hydroxylation is 1. The maximum Gasteiger partial charge on any atom is 0.412 e. The Kier molecular flexibility index (Phi) is 7.94. The summed E-state index contributed by atoms with van der Waals surface area (Å²) < 4.78 is 17.9. The lowest BCUT2D eigenvalue weighted by atomic mass is 10.3. The minimum absolute atomic E-state index is 0.131. The van der Waals surface area contributed by atoms with E-state index in [0.29, 0.717) is 21.3 Å². The van der Waals surface area contributed by atoms with Gasteiger partial charge in [-0.1, -0.05) is 11.3 Å². The summed E-state index contributed by atoms with van der Waals surface area (Å²) in [6.45, 7) is 3.30. The number of rotatable bonds is 4. The van der Waals surface area contributed by atoms with E-state index < -0.39 is 11.9 Å². The summed E-state index contributed by atoms with van der Waals surface area (Å²) in [4.78, 5) is 19.5. The molecule has 9 heteroatoms. The number of nitrogens with zero attached hydrogens (tertiary/aromatic N) is 3. The standard InChI is InChI=1S/C12H11ClFN3O2S.C2H3N/c1-7-10(17-12(18)19-3-2-13)20-11(16-7)8-4-9(14)6-15-5-8;1-2-3/h4-6H,2-3H2,1H3,(H,17,18);1H3. The summed E-state index contributed by atoms with van der Waals surface area (Å²) in [5.74, 6) is -0.207. The highest BCUT2D eigenvalue weighted by Crippen LogP contribution is 2.31. The van der Waals surface area contributed by atoms with E-state index in [9.17, 15) is 9.18 Å². The average Bonchev–Trinajstić information content (AvgIpc) is 2.87. The number of hydrogen-bond acceptors (Lipinski definition) is 6. The SMILES string of the molecule is CC#N.Cc1nc(-c2cncc(F)c2)sc1NC(=O)OCCCl. The molecule has 2 aromatic heterocycles. The Morgan fingerprint density at radius 3 is 2.87 bits per heavy atom. The van der Waals surface area contributed by atoms with Crippen LogP contribution in [0.4, 0.5) is 14.2 Å². The minimum atomic E-state index is -0.596. The van der Waals surface area contributed by atoms with Crippen molar-refractivity contribution < 1.29 is 13.9 Å². The Morgan fingerprint density at radius 1 is 1.57 bits per heavy atom. The number of amides is 1. The molecule has 23 heavy (non-hydrogen) atoms. The van der Waals surface area contributed by atoms with Crippen LogP contribution in [0.3, 0.4) is 0 Å². The third kappa shape index (κ3) is 6.18. The van der Waals surface area contributed by atoms with Crippen LogP contribution in [0.15, 0.2) is 18.5 Å². The van der Waals surface area contributed by atoms with Gasteiger partial charge in [0.15, 0.2) is 0 Å². The molecule has 0 unspecified atom stereocenters. The summed E-state index contributed by atoms with van der Waals surface area (Å²) in [5.41, 5.74) is 1.18. The van der Waals surface area contributed by atoms with E-state index in [1.54, 1.807) is 13.0 Å².